The van der Waals surface area contributed by atoms with E-state index in [1.54, 1.807) is 19.9 Å². The molecule has 3 heteroatoms. The van der Waals surface area contributed by atoms with Crippen molar-refractivity contribution >= 4 is 19.5 Å². The fourth-order valence-electron chi connectivity index (χ4n) is 0.570. The number of hydrogen-bond donors (Lipinski definition) is 1. The molecule has 0 aliphatic rings. The van der Waals surface area contributed by atoms with Crippen molar-refractivity contribution in [1.29, 1.82) is 0 Å². The van der Waals surface area contributed by atoms with Crippen molar-refractivity contribution in [3.8, 4) is 0 Å². The van der Waals surface area contributed by atoms with E-state index in [2.05, 4.69) is 6.58 Å². The molecule has 0 aliphatic heterocycles. The minimum Gasteiger partial charge on any atom is -0.481 e. The first kappa shape index (κ1) is 13.2. The maximum atomic E-state index is 10.5. The quantitative estimate of drug-likeness (QED) is 0.667. The summed E-state index contributed by atoms with van der Waals surface area (Å²) in [5.74, 6) is -0.741. The Kier molecular flexibility index (Phi) is 6.28. The lowest BCUT2D eigenvalue weighted by Crippen LogP contribution is -2.22. The van der Waals surface area contributed by atoms with Crippen LogP contribution < -0.4 is 0 Å². The van der Waals surface area contributed by atoms with Gasteiger partial charge in [-0.25, -0.2) is 0 Å². The standard InChI is InChI=1S/C8H14O2.H2S/c1-4-5-6-8(2,3)7(9)10;/h4H,1,5-6H2,2-3H3,(H,9,10);1H2. The summed E-state index contributed by atoms with van der Waals surface area (Å²) in [6, 6.07) is 0. The van der Waals surface area contributed by atoms with Crippen LogP contribution in [-0.4, -0.2) is 11.1 Å². The first-order chi connectivity index (χ1) is 4.50. The monoisotopic (exact) mass is 176 g/mol. The molecular formula is C8H16O2S. The molecule has 0 aromatic rings. The summed E-state index contributed by atoms with van der Waals surface area (Å²) in [6.07, 6.45) is 3.16. The predicted octanol–water partition coefficient (Wildman–Crippen LogP) is 2.18. The Bertz CT molecular complexity index is 141. The van der Waals surface area contributed by atoms with Gasteiger partial charge in [0.05, 0.1) is 5.41 Å². The van der Waals surface area contributed by atoms with E-state index in [9.17, 15) is 4.79 Å². The molecule has 0 spiro atoms. The highest BCUT2D eigenvalue weighted by atomic mass is 32.1. The fourth-order valence-corrected chi connectivity index (χ4v) is 0.570. The predicted molar refractivity (Wildman–Crippen MR) is 51.2 cm³/mol. The van der Waals surface area contributed by atoms with Gasteiger partial charge in [-0.15, -0.1) is 6.58 Å². The van der Waals surface area contributed by atoms with E-state index in [0.717, 1.165) is 6.42 Å². The van der Waals surface area contributed by atoms with Crippen LogP contribution in [0.3, 0.4) is 0 Å². The van der Waals surface area contributed by atoms with E-state index in [0.29, 0.717) is 6.42 Å². The summed E-state index contributed by atoms with van der Waals surface area (Å²) in [5.41, 5.74) is -0.603. The highest BCUT2D eigenvalue weighted by Crippen LogP contribution is 2.22. The van der Waals surface area contributed by atoms with Crippen molar-refractivity contribution in [2.24, 2.45) is 5.41 Å². The van der Waals surface area contributed by atoms with Gasteiger partial charge in [-0.3, -0.25) is 4.79 Å². The Labute approximate surface area is 74.8 Å². The Morgan fingerprint density at radius 2 is 2.09 bits per heavy atom. The average molecular weight is 176 g/mol. The molecule has 0 heterocycles. The maximum absolute atomic E-state index is 10.5. The van der Waals surface area contributed by atoms with Crippen molar-refractivity contribution in [3.63, 3.8) is 0 Å². The van der Waals surface area contributed by atoms with Crippen molar-refractivity contribution in [3.05, 3.63) is 12.7 Å². The molecule has 0 fully saturated rings. The van der Waals surface area contributed by atoms with Gasteiger partial charge in [0.25, 0.3) is 0 Å². The smallest absolute Gasteiger partial charge is 0.309 e. The third-order valence-corrected chi connectivity index (χ3v) is 1.55. The van der Waals surface area contributed by atoms with Crippen molar-refractivity contribution in [2.75, 3.05) is 0 Å². The Hall–Kier alpha value is -0.440. The van der Waals surface area contributed by atoms with Gasteiger partial charge in [0.1, 0.15) is 0 Å². The Morgan fingerprint density at radius 3 is 2.36 bits per heavy atom. The van der Waals surface area contributed by atoms with Gasteiger partial charge in [0.15, 0.2) is 0 Å². The lowest BCUT2D eigenvalue weighted by atomic mass is 9.88. The second kappa shape index (κ2) is 5.24. The molecule has 0 atom stereocenters. The number of carbonyl (C=O) groups is 1. The van der Waals surface area contributed by atoms with Crippen molar-refractivity contribution in [1.82, 2.24) is 0 Å². The Balaban J connectivity index is 0. The molecule has 0 saturated heterocycles. The lowest BCUT2D eigenvalue weighted by Gasteiger charge is -2.16. The zero-order valence-corrected chi connectivity index (χ0v) is 8.05. The van der Waals surface area contributed by atoms with Crippen LogP contribution in [0.1, 0.15) is 26.7 Å². The third kappa shape index (κ3) is 4.90. The molecule has 0 rings (SSSR count). The second-order valence-corrected chi connectivity index (χ2v) is 3.02. The summed E-state index contributed by atoms with van der Waals surface area (Å²) in [5, 5.41) is 8.63. The van der Waals surface area contributed by atoms with Crippen LogP contribution in [0.2, 0.25) is 0 Å². The van der Waals surface area contributed by atoms with Gasteiger partial charge in [-0.05, 0) is 26.7 Å². The lowest BCUT2D eigenvalue weighted by molar-refractivity contribution is -0.147. The summed E-state index contributed by atoms with van der Waals surface area (Å²) in [7, 11) is 0. The van der Waals surface area contributed by atoms with E-state index in [1.165, 1.54) is 0 Å². The normalized spacial score (nSPS) is 10.0. The van der Waals surface area contributed by atoms with E-state index < -0.39 is 11.4 Å². The molecule has 1 N–H and O–H groups in total. The largest absolute Gasteiger partial charge is 0.481 e. The van der Waals surface area contributed by atoms with E-state index in [4.69, 9.17) is 5.11 Å². The molecule has 0 amide bonds. The van der Waals surface area contributed by atoms with E-state index in [-0.39, 0.29) is 13.5 Å². The number of carboxylic acid groups (broad SMARTS) is 1. The van der Waals surface area contributed by atoms with E-state index in [1.807, 2.05) is 0 Å². The molecule has 0 radical (unpaired) electrons. The SMILES string of the molecule is C=CCCC(C)(C)C(=O)O.S. The molecule has 0 bridgehead atoms. The van der Waals surface area contributed by atoms with Gasteiger partial charge in [-0.2, -0.15) is 13.5 Å². The molecule has 0 unspecified atom stereocenters. The highest BCUT2D eigenvalue weighted by Gasteiger charge is 2.25. The van der Waals surface area contributed by atoms with Gasteiger partial charge in [-0.1, -0.05) is 6.08 Å². The van der Waals surface area contributed by atoms with Crippen LogP contribution in [0.25, 0.3) is 0 Å². The molecule has 0 aliphatic carbocycles. The van der Waals surface area contributed by atoms with Crippen LogP contribution in [0.15, 0.2) is 12.7 Å². The van der Waals surface area contributed by atoms with Gasteiger partial charge < -0.3 is 5.11 Å². The van der Waals surface area contributed by atoms with E-state index >= 15 is 0 Å². The number of carboxylic acids is 1. The zero-order chi connectivity index (χ0) is 8.20. The first-order valence-corrected chi connectivity index (χ1v) is 3.35. The minimum absolute atomic E-state index is 0. The van der Waals surface area contributed by atoms with Crippen LogP contribution >= 0.6 is 13.5 Å². The van der Waals surface area contributed by atoms with Crippen LogP contribution in [-0.2, 0) is 4.79 Å². The minimum atomic E-state index is -0.741. The summed E-state index contributed by atoms with van der Waals surface area (Å²) in [4.78, 5) is 10.5. The van der Waals surface area contributed by atoms with Gasteiger partial charge >= 0.3 is 5.97 Å². The molecule has 0 aromatic carbocycles. The molecule has 0 saturated carbocycles. The number of aliphatic carboxylic acids is 1. The number of rotatable bonds is 4. The fraction of sp³-hybridized carbons (Fsp3) is 0.625. The molecule has 11 heavy (non-hydrogen) atoms. The topological polar surface area (TPSA) is 37.3 Å². The van der Waals surface area contributed by atoms with Crippen molar-refractivity contribution < 1.29 is 9.90 Å². The number of allylic oxidation sites excluding steroid dienone is 1. The average Bonchev–Trinajstić information content (AvgIpc) is 1.84. The van der Waals surface area contributed by atoms with Crippen molar-refractivity contribution in [2.45, 2.75) is 26.7 Å². The van der Waals surface area contributed by atoms with Gasteiger partial charge in [0.2, 0.25) is 0 Å². The van der Waals surface area contributed by atoms with Crippen LogP contribution in [0, 0.1) is 5.41 Å². The maximum Gasteiger partial charge on any atom is 0.309 e. The highest BCUT2D eigenvalue weighted by molar-refractivity contribution is 7.59. The molecule has 66 valence electrons. The third-order valence-electron chi connectivity index (χ3n) is 1.55. The summed E-state index contributed by atoms with van der Waals surface area (Å²) in [6.45, 7) is 6.97. The van der Waals surface area contributed by atoms with Crippen LogP contribution in [0.5, 0.6) is 0 Å². The number of hydrogen-bond acceptors (Lipinski definition) is 1. The molecule has 0 aromatic heterocycles. The van der Waals surface area contributed by atoms with Gasteiger partial charge in [0, 0.05) is 0 Å². The van der Waals surface area contributed by atoms with Crippen LogP contribution in [0.4, 0.5) is 0 Å². The summed E-state index contributed by atoms with van der Waals surface area (Å²) < 4.78 is 0. The first-order valence-electron chi connectivity index (χ1n) is 3.35. The zero-order valence-electron chi connectivity index (χ0n) is 7.05. The summed E-state index contributed by atoms with van der Waals surface area (Å²) >= 11 is 0. The Morgan fingerprint density at radius 1 is 1.64 bits per heavy atom. The molecule has 2 nitrogen and oxygen atoms in total. The second-order valence-electron chi connectivity index (χ2n) is 3.02. The molecular weight excluding hydrogens is 160 g/mol.